The summed E-state index contributed by atoms with van der Waals surface area (Å²) in [7, 11) is 4.05. The van der Waals surface area contributed by atoms with Gasteiger partial charge in [0.25, 0.3) is 0 Å². The summed E-state index contributed by atoms with van der Waals surface area (Å²) in [6.07, 6.45) is 2.75. The zero-order valence-electron chi connectivity index (χ0n) is 14.2. The first-order valence-electron chi connectivity index (χ1n) is 8.48. The lowest BCUT2D eigenvalue weighted by molar-refractivity contribution is 0.00255. The molecular weight excluding hydrogens is 286 g/mol. The van der Waals surface area contributed by atoms with Gasteiger partial charge in [-0.15, -0.1) is 0 Å². The summed E-state index contributed by atoms with van der Waals surface area (Å²) < 4.78 is 0. The maximum Gasteiger partial charge on any atom is 0.0786 e. The van der Waals surface area contributed by atoms with Crippen LogP contribution in [0.4, 0.5) is 0 Å². The number of fused-ring (bicyclic) bond motifs is 1. The third-order valence-electron chi connectivity index (χ3n) is 4.66. The lowest BCUT2D eigenvalue weighted by Gasteiger charge is -2.30. The summed E-state index contributed by atoms with van der Waals surface area (Å²) in [4.78, 5) is 9.28. The van der Waals surface area contributed by atoms with Crippen LogP contribution < -0.4 is 0 Å². The zero-order valence-corrected chi connectivity index (χ0v) is 14.2. The topological polar surface area (TPSA) is 39.6 Å². The van der Waals surface area contributed by atoms with Crippen LogP contribution in [0.15, 0.2) is 36.4 Å². The molecule has 4 nitrogen and oxygen atoms in total. The van der Waals surface area contributed by atoms with Gasteiger partial charge in [-0.3, -0.25) is 9.88 Å². The number of likely N-dealkylation sites (tertiary alicyclic amines) is 1. The summed E-state index contributed by atoms with van der Waals surface area (Å²) in [6, 6.07) is 12.5. The fourth-order valence-electron chi connectivity index (χ4n) is 3.57. The molecule has 1 aliphatic heterocycles. The Hall–Kier alpha value is -1.49. The van der Waals surface area contributed by atoms with E-state index in [2.05, 4.69) is 34.1 Å². The summed E-state index contributed by atoms with van der Waals surface area (Å²) in [5, 5.41) is 12.0. The Morgan fingerprint density at radius 2 is 1.96 bits per heavy atom. The highest BCUT2D eigenvalue weighted by atomic mass is 16.3. The smallest absolute Gasteiger partial charge is 0.0786 e. The van der Waals surface area contributed by atoms with Crippen LogP contribution in [0, 0.1) is 0 Å². The summed E-state index contributed by atoms with van der Waals surface area (Å²) in [6.45, 7) is 3.57. The van der Waals surface area contributed by atoms with Crippen molar-refractivity contribution in [1.82, 2.24) is 14.8 Å². The highest BCUT2D eigenvalue weighted by Gasteiger charge is 2.30. The van der Waals surface area contributed by atoms with E-state index >= 15 is 0 Å². The number of pyridine rings is 1. The van der Waals surface area contributed by atoms with Gasteiger partial charge in [-0.2, -0.15) is 0 Å². The number of para-hydroxylation sites is 1. The first kappa shape index (κ1) is 16.4. The van der Waals surface area contributed by atoms with E-state index < -0.39 is 5.60 Å². The molecule has 1 saturated heterocycles. The summed E-state index contributed by atoms with van der Waals surface area (Å²) in [5.41, 5.74) is 1.63. The third kappa shape index (κ3) is 4.28. The van der Waals surface area contributed by atoms with E-state index in [9.17, 15) is 5.11 Å². The van der Waals surface area contributed by atoms with Crippen LogP contribution in [0.25, 0.3) is 10.9 Å². The lowest BCUT2D eigenvalue weighted by Crippen LogP contribution is -2.40. The standard InChI is InChI=1S/C19H27N3O/c1-21(2)15-19(23)10-5-12-22(13-11-19)14-17-9-8-16-6-3-4-7-18(16)20-17/h3-4,6-9,23H,5,10-15H2,1-2H3. The van der Waals surface area contributed by atoms with E-state index in [0.717, 1.165) is 56.7 Å². The second-order valence-corrected chi connectivity index (χ2v) is 7.09. The first-order chi connectivity index (χ1) is 11.0. The Balaban J connectivity index is 1.65. The second kappa shape index (κ2) is 6.95. The minimum absolute atomic E-state index is 0.547. The number of aliphatic hydroxyl groups is 1. The molecule has 0 saturated carbocycles. The van der Waals surface area contributed by atoms with Crippen LogP contribution >= 0.6 is 0 Å². The van der Waals surface area contributed by atoms with Crippen LogP contribution in [0.3, 0.4) is 0 Å². The molecule has 4 heteroatoms. The Morgan fingerprint density at radius 3 is 2.78 bits per heavy atom. The quantitative estimate of drug-likeness (QED) is 0.941. The molecule has 1 aromatic carbocycles. The van der Waals surface area contributed by atoms with Crippen molar-refractivity contribution >= 4 is 10.9 Å². The monoisotopic (exact) mass is 313 g/mol. The van der Waals surface area contributed by atoms with Gasteiger partial charge in [0.15, 0.2) is 0 Å². The minimum atomic E-state index is -0.547. The maximum absolute atomic E-state index is 10.8. The van der Waals surface area contributed by atoms with Crippen LogP contribution in [-0.2, 0) is 6.54 Å². The Labute approximate surface area is 138 Å². The first-order valence-corrected chi connectivity index (χ1v) is 8.48. The van der Waals surface area contributed by atoms with Crippen LogP contribution in [0.1, 0.15) is 25.0 Å². The second-order valence-electron chi connectivity index (χ2n) is 7.09. The van der Waals surface area contributed by atoms with Gasteiger partial charge in [-0.25, -0.2) is 0 Å². The molecule has 0 bridgehead atoms. The van der Waals surface area contributed by atoms with Gasteiger partial charge >= 0.3 is 0 Å². The molecule has 1 N–H and O–H groups in total. The number of benzene rings is 1. The van der Waals surface area contributed by atoms with E-state index in [-0.39, 0.29) is 0 Å². The normalized spacial score (nSPS) is 23.3. The van der Waals surface area contributed by atoms with Crippen molar-refractivity contribution in [2.45, 2.75) is 31.4 Å². The Kier molecular flexibility index (Phi) is 4.95. The van der Waals surface area contributed by atoms with Gasteiger partial charge in [0.05, 0.1) is 16.8 Å². The van der Waals surface area contributed by atoms with E-state index in [1.165, 1.54) is 5.39 Å². The van der Waals surface area contributed by atoms with Crippen LogP contribution in [0.2, 0.25) is 0 Å². The number of hydrogen-bond acceptors (Lipinski definition) is 4. The molecule has 0 aliphatic carbocycles. The highest BCUT2D eigenvalue weighted by molar-refractivity contribution is 5.78. The average Bonchev–Trinajstić information content (AvgIpc) is 2.68. The van der Waals surface area contributed by atoms with Crippen molar-refractivity contribution in [3.63, 3.8) is 0 Å². The Bertz CT molecular complexity index is 658. The molecule has 0 amide bonds. The highest BCUT2D eigenvalue weighted by Crippen LogP contribution is 2.24. The number of rotatable bonds is 4. The van der Waals surface area contributed by atoms with Gasteiger partial charge in [0.2, 0.25) is 0 Å². The fourth-order valence-corrected chi connectivity index (χ4v) is 3.57. The zero-order chi connectivity index (χ0) is 16.3. The average molecular weight is 313 g/mol. The molecule has 0 radical (unpaired) electrons. The number of likely N-dealkylation sites (N-methyl/N-ethyl adjacent to an activating group) is 1. The van der Waals surface area contributed by atoms with E-state index in [4.69, 9.17) is 4.98 Å². The molecule has 124 valence electrons. The van der Waals surface area contributed by atoms with E-state index in [1.807, 2.05) is 26.2 Å². The number of nitrogens with zero attached hydrogens (tertiary/aromatic N) is 3. The molecule has 1 aliphatic rings. The molecule has 23 heavy (non-hydrogen) atoms. The summed E-state index contributed by atoms with van der Waals surface area (Å²) >= 11 is 0. The van der Waals surface area contributed by atoms with Crippen molar-refractivity contribution in [2.75, 3.05) is 33.7 Å². The number of hydrogen-bond donors (Lipinski definition) is 1. The van der Waals surface area contributed by atoms with Gasteiger partial charge in [0.1, 0.15) is 0 Å². The van der Waals surface area contributed by atoms with Crippen molar-refractivity contribution in [2.24, 2.45) is 0 Å². The third-order valence-corrected chi connectivity index (χ3v) is 4.66. The SMILES string of the molecule is CN(C)CC1(O)CCCN(Cc2ccc3ccccc3n2)CC1. The molecule has 1 unspecified atom stereocenters. The maximum atomic E-state index is 10.8. The van der Waals surface area contributed by atoms with Gasteiger partial charge in [0, 0.05) is 25.0 Å². The Morgan fingerprint density at radius 1 is 1.13 bits per heavy atom. The predicted molar refractivity (Wildman–Crippen MR) is 94.4 cm³/mol. The molecule has 2 aromatic rings. The van der Waals surface area contributed by atoms with E-state index in [1.54, 1.807) is 0 Å². The van der Waals surface area contributed by atoms with Crippen molar-refractivity contribution in [1.29, 1.82) is 0 Å². The molecular formula is C19H27N3O. The van der Waals surface area contributed by atoms with Crippen LogP contribution in [-0.4, -0.2) is 59.2 Å². The number of aromatic nitrogens is 1. The van der Waals surface area contributed by atoms with Gasteiger partial charge in [-0.1, -0.05) is 24.3 Å². The summed E-state index contributed by atoms with van der Waals surface area (Å²) in [5.74, 6) is 0. The molecule has 3 rings (SSSR count). The molecule has 1 atom stereocenters. The lowest BCUT2D eigenvalue weighted by atomic mass is 9.94. The van der Waals surface area contributed by atoms with Crippen LogP contribution in [0.5, 0.6) is 0 Å². The van der Waals surface area contributed by atoms with Gasteiger partial charge < -0.3 is 10.0 Å². The minimum Gasteiger partial charge on any atom is -0.389 e. The molecule has 2 heterocycles. The molecule has 1 fully saturated rings. The van der Waals surface area contributed by atoms with Crippen molar-refractivity contribution in [3.8, 4) is 0 Å². The largest absolute Gasteiger partial charge is 0.389 e. The van der Waals surface area contributed by atoms with Crippen molar-refractivity contribution in [3.05, 3.63) is 42.1 Å². The van der Waals surface area contributed by atoms with E-state index in [0.29, 0.717) is 0 Å². The predicted octanol–water partition coefficient (Wildman–Crippen LogP) is 2.51. The van der Waals surface area contributed by atoms with Crippen molar-refractivity contribution < 1.29 is 5.11 Å². The molecule has 1 aromatic heterocycles. The van der Waals surface area contributed by atoms with Gasteiger partial charge in [-0.05, 0) is 52.0 Å². The fraction of sp³-hybridized carbons (Fsp3) is 0.526. The molecule has 0 spiro atoms.